The van der Waals surface area contributed by atoms with Gasteiger partial charge in [-0.1, -0.05) is 12.1 Å². The molecule has 0 bridgehead atoms. The molecule has 0 aromatic heterocycles. The number of nitrogens with zero attached hydrogens (tertiary/aromatic N) is 1. The number of hydrogen-bond acceptors (Lipinski definition) is 5. The van der Waals surface area contributed by atoms with E-state index in [1.54, 1.807) is 30.3 Å². The van der Waals surface area contributed by atoms with Crippen LogP contribution in [0.15, 0.2) is 58.4 Å². The van der Waals surface area contributed by atoms with Crippen molar-refractivity contribution < 1.29 is 23.8 Å². The molecule has 1 saturated heterocycles. The average molecular weight is 386 g/mol. The molecule has 1 heterocycles. The van der Waals surface area contributed by atoms with Crippen LogP contribution < -0.4 is 10.1 Å². The summed E-state index contributed by atoms with van der Waals surface area (Å²) in [6.07, 6.45) is 1.65. The van der Waals surface area contributed by atoms with Gasteiger partial charge in [0.25, 0.3) is 5.91 Å². The molecule has 0 radical (unpaired) electrons. The van der Waals surface area contributed by atoms with Gasteiger partial charge in [-0.2, -0.15) is 0 Å². The van der Waals surface area contributed by atoms with Crippen LogP contribution in [0.4, 0.5) is 10.1 Å². The summed E-state index contributed by atoms with van der Waals surface area (Å²) >= 11 is 1.19. The second-order valence-corrected chi connectivity index (χ2v) is 6.55. The number of amides is 1. The predicted octanol–water partition coefficient (Wildman–Crippen LogP) is 3.57. The molecule has 2 aromatic carbocycles. The first-order valence-corrected chi connectivity index (χ1v) is 8.81. The van der Waals surface area contributed by atoms with Crippen LogP contribution in [0.1, 0.15) is 12.0 Å². The number of aliphatic carboxylic acids is 1. The Kier molecular flexibility index (Phi) is 5.87. The number of amidine groups is 1. The van der Waals surface area contributed by atoms with Gasteiger partial charge in [0.2, 0.25) is 0 Å². The third-order valence-corrected chi connectivity index (χ3v) is 4.38. The number of carbonyl (C=O) groups excluding carboxylic acids is 1. The van der Waals surface area contributed by atoms with Crippen LogP contribution in [0.25, 0.3) is 6.08 Å². The lowest BCUT2D eigenvalue weighted by atomic mass is 10.2. The molecule has 0 unspecified atom stereocenters. The van der Waals surface area contributed by atoms with Crippen LogP contribution in [0.2, 0.25) is 0 Å². The maximum atomic E-state index is 12.9. The maximum Gasteiger partial charge on any atom is 0.306 e. The van der Waals surface area contributed by atoms with Crippen LogP contribution in [0.5, 0.6) is 5.75 Å². The molecule has 1 aliphatic heterocycles. The molecule has 2 aromatic rings. The molecule has 3 rings (SSSR count). The molecule has 1 amide bonds. The van der Waals surface area contributed by atoms with Crippen LogP contribution in [0.3, 0.4) is 0 Å². The summed E-state index contributed by atoms with van der Waals surface area (Å²) in [4.78, 5) is 27.3. The highest BCUT2D eigenvalue weighted by molar-refractivity contribution is 8.18. The van der Waals surface area contributed by atoms with Gasteiger partial charge in [0.05, 0.1) is 23.6 Å². The van der Waals surface area contributed by atoms with Gasteiger partial charge in [0.1, 0.15) is 11.6 Å². The number of carboxylic acid groups (broad SMARTS) is 1. The van der Waals surface area contributed by atoms with Crippen molar-refractivity contribution >= 4 is 40.6 Å². The van der Waals surface area contributed by atoms with Gasteiger partial charge in [0, 0.05) is 0 Å². The van der Waals surface area contributed by atoms with E-state index in [1.165, 1.54) is 36.0 Å². The Hall–Kier alpha value is -3.13. The zero-order chi connectivity index (χ0) is 19.2. The zero-order valence-electron chi connectivity index (χ0n) is 14.0. The van der Waals surface area contributed by atoms with E-state index in [0.717, 1.165) is 5.56 Å². The highest BCUT2D eigenvalue weighted by Gasteiger charge is 2.23. The first kappa shape index (κ1) is 18.7. The molecule has 0 atom stereocenters. The molecule has 27 heavy (non-hydrogen) atoms. The van der Waals surface area contributed by atoms with Crippen molar-refractivity contribution in [1.82, 2.24) is 5.32 Å². The Morgan fingerprint density at radius 2 is 1.89 bits per heavy atom. The number of halogens is 1. The molecule has 0 saturated carbocycles. The summed E-state index contributed by atoms with van der Waals surface area (Å²) in [6.45, 7) is 0.0945. The Morgan fingerprint density at radius 1 is 1.19 bits per heavy atom. The number of ether oxygens (including phenoxy) is 1. The van der Waals surface area contributed by atoms with Crippen molar-refractivity contribution in [1.29, 1.82) is 0 Å². The Labute approximate surface area is 158 Å². The number of carbonyl (C=O) groups is 2. The second-order valence-electron chi connectivity index (χ2n) is 5.52. The lowest BCUT2D eigenvalue weighted by Crippen LogP contribution is -2.19. The normalized spacial score (nSPS) is 16.6. The van der Waals surface area contributed by atoms with E-state index >= 15 is 0 Å². The van der Waals surface area contributed by atoms with Gasteiger partial charge < -0.3 is 15.2 Å². The largest absolute Gasteiger partial charge is 0.493 e. The number of benzene rings is 2. The van der Waals surface area contributed by atoms with Gasteiger partial charge in [-0.3, -0.25) is 9.59 Å². The molecule has 0 aliphatic carbocycles. The van der Waals surface area contributed by atoms with E-state index in [4.69, 9.17) is 9.84 Å². The fourth-order valence-electron chi connectivity index (χ4n) is 2.18. The van der Waals surface area contributed by atoms with Crippen molar-refractivity contribution in [3.05, 3.63) is 64.8 Å². The first-order chi connectivity index (χ1) is 13.0. The molecule has 138 valence electrons. The highest BCUT2D eigenvalue weighted by Crippen LogP contribution is 2.28. The zero-order valence-corrected chi connectivity index (χ0v) is 14.8. The number of hydrogen-bond donors (Lipinski definition) is 2. The van der Waals surface area contributed by atoms with Crippen LogP contribution >= 0.6 is 11.8 Å². The van der Waals surface area contributed by atoms with Gasteiger partial charge >= 0.3 is 5.97 Å². The summed E-state index contributed by atoms with van der Waals surface area (Å²) in [6, 6.07) is 12.6. The summed E-state index contributed by atoms with van der Waals surface area (Å²) < 4.78 is 18.3. The highest BCUT2D eigenvalue weighted by atomic mass is 32.2. The Morgan fingerprint density at radius 3 is 2.56 bits per heavy atom. The van der Waals surface area contributed by atoms with E-state index in [0.29, 0.717) is 21.5 Å². The van der Waals surface area contributed by atoms with E-state index in [9.17, 15) is 14.0 Å². The van der Waals surface area contributed by atoms with E-state index in [2.05, 4.69) is 10.3 Å². The van der Waals surface area contributed by atoms with Gasteiger partial charge in [-0.25, -0.2) is 9.38 Å². The molecule has 0 spiro atoms. The average Bonchev–Trinajstić information content (AvgIpc) is 2.97. The number of rotatable bonds is 6. The van der Waals surface area contributed by atoms with Crippen molar-refractivity contribution in [2.45, 2.75) is 6.42 Å². The molecular weight excluding hydrogens is 371 g/mol. The predicted molar refractivity (Wildman–Crippen MR) is 101 cm³/mol. The molecule has 1 fully saturated rings. The SMILES string of the molecule is O=C(O)CCOc1ccc(/C=C2/SC(=Nc3ccc(F)cc3)NC2=O)cc1. The number of aliphatic imine (C=N–C) groups is 1. The first-order valence-electron chi connectivity index (χ1n) is 7.99. The molecule has 8 heteroatoms. The minimum Gasteiger partial charge on any atom is -0.493 e. The Bertz CT molecular complexity index is 908. The number of thioether (sulfide) groups is 1. The van der Waals surface area contributed by atoms with Gasteiger partial charge in [0.15, 0.2) is 5.17 Å². The number of nitrogens with one attached hydrogen (secondary N) is 1. The lowest BCUT2D eigenvalue weighted by Gasteiger charge is -2.04. The molecule has 2 N–H and O–H groups in total. The molecule has 6 nitrogen and oxygen atoms in total. The summed E-state index contributed by atoms with van der Waals surface area (Å²) in [5.41, 5.74) is 1.34. The van der Waals surface area contributed by atoms with Crippen LogP contribution in [0, 0.1) is 5.82 Å². The van der Waals surface area contributed by atoms with E-state index < -0.39 is 5.97 Å². The third kappa shape index (κ3) is 5.42. The lowest BCUT2D eigenvalue weighted by molar-refractivity contribution is -0.137. The summed E-state index contributed by atoms with van der Waals surface area (Å²) in [5, 5.41) is 11.7. The fraction of sp³-hybridized carbons (Fsp3) is 0.105. The summed E-state index contributed by atoms with van der Waals surface area (Å²) in [5.74, 6) is -0.972. The molecule has 1 aliphatic rings. The quantitative estimate of drug-likeness (QED) is 0.741. The second kappa shape index (κ2) is 8.50. The topological polar surface area (TPSA) is 88.0 Å². The minimum absolute atomic E-state index is 0.0707. The van der Waals surface area contributed by atoms with E-state index in [-0.39, 0.29) is 24.8 Å². The number of carboxylic acids is 1. The standard InChI is InChI=1S/C19H15FN2O4S/c20-13-3-5-14(6-4-13)21-19-22-18(25)16(27-19)11-12-1-7-15(8-2-12)26-10-9-17(23)24/h1-8,11H,9-10H2,(H,23,24)(H,21,22,25)/b16-11+. The minimum atomic E-state index is -0.918. The van der Waals surface area contributed by atoms with Crippen molar-refractivity contribution in [2.75, 3.05) is 6.61 Å². The van der Waals surface area contributed by atoms with Gasteiger partial charge in [-0.15, -0.1) is 0 Å². The van der Waals surface area contributed by atoms with Crippen molar-refractivity contribution in [3.8, 4) is 5.75 Å². The molecular formula is C19H15FN2O4S. The monoisotopic (exact) mass is 386 g/mol. The van der Waals surface area contributed by atoms with Crippen molar-refractivity contribution in [2.24, 2.45) is 4.99 Å². The van der Waals surface area contributed by atoms with Gasteiger partial charge in [-0.05, 0) is 59.8 Å². The fourth-order valence-corrected chi connectivity index (χ4v) is 3.02. The van der Waals surface area contributed by atoms with Crippen LogP contribution in [-0.2, 0) is 9.59 Å². The van der Waals surface area contributed by atoms with Crippen molar-refractivity contribution in [3.63, 3.8) is 0 Å². The van der Waals surface area contributed by atoms with Crippen LogP contribution in [-0.4, -0.2) is 28.8 Å². The smallest absolute Gasteiger partial charge is 0.306 e. The van der Waals surface area contributed by atoms with E-state index in [1.807, 2.05) is 0 Å². The Balaban J connectivity index is 1.65. The third-order valence-electron chi connectivity index (χ3n) is 3.47. The maximum absolute atomic E-state index is 12.9. The summed E-state index contributed by atoms with van der Waals surface area (Å²) in [7, 11) is 0.